The molecule has 0 fully saturated rings. The van der Waals surface area contributed by atoms with Gasteiger partial charge in [0.05, 0.1) is 5.57 Å². The Labute approximate surface area is 134 Å². The normalized spacial score (nSPS) is 11.2. The van der Waals surface area contributed by atoms with Gasteiger partial charge in [-0.2, -0.15) is 0 Å². The van der Waals surface area contributed by atoms with Crippen molar-refractivity contribution in [2.24, 2.45) is 0 Å². The van der Waals surface area contributed by atoms with Crippen LogP contribution in [0, 0.1) is 11.8 Å². The first kappa shape index (κ1) is 18.0. The number of ether oxygens (including phenoxy) is 1. The standard InChI is InChI=1S/C20H26O2/c1-4-7-15-19(22-20(21)16-8-5-2)18(12-6-3)17-13-10-9-11-14-17/h9-11,13-14H,4-5,7-8,15-16H2,1-3H3/b19-18+. The van der Waals surface area contributed by atoms with Gasteiger partial charge in [-0.3, -0.25) is 4.79 Å². The van der Waals surface area contributed by atoms with Gasteiger partial charge < -0.3 is 4.74 Å². The van der Waals surface area contributed by atoms with Gasteiger partial charge >= 0.3 is 5.97 Å². The number of hydrogen-bond donors (Lipinski definition) is 0. The summed E-state index contributed by atoms with van der Waals surface area (Å²) in [5.41, 5.74) is 1.84. The molecule has 0 amide bonds. The fourth-order valence-electron chi connectivity index (χ4n) is 2.11. The van der Waals surface area contributed by atoms with Gasteiger partial charge in [-0.25, -0.2) is 0 Å². The van der Waals surface area contributed by atoms with Crippen molar-refractivity contribution < 1.29 is 9.53 Å². The SMILES string of the molecule is CC#C/C(=C(/CCCC)OC(=O)CCCC)c1ccccc1. The third kappa shape index (κ3) is 6.18. The third-order valence-electron chi connectivity index (χ3n) is 3.32. The molecule has 0 aliphatic rings. The zero-order valence-electron chi connectivity index (χ0n) is 13.9. The van der Waals surface area contributed by atoms with Crippen molar-refractivity contribution in [2.75, 3.05) is 0 Å². The van der Waals surface area contributed by atoms with Crippen LogP contribution in [0.2, 0.25) is 0 Å². The van der Waals surface area contributed by atoms with Crippen molar-refractivity contribution in [3.05, 3.63) is 41.7 Å². The fourth-order valence-corrected chi connectivity index (χ4v) is 2.11. The van der Waals surface area contributed by atoms with Crippen LogP contribution in [-0.4, -0.2) is 5.97 Å². The number of hydrogen-bond acceptors (Lipinski definition) is 2. The largest absolute Gasteiger partial charge is 0.430 e. The zero-order chi connectivity index (χ0) is 16.2. The molecule has 1 aromatic carbocycles. The maximum absolute atomic E-state index is 12.0. The van der Waals surface area contributed by atoms with Crippen molar-refractivity contribution in [1.82, 2.24) is 0 Å². The third-order valence-corrected chi connectivity index (χ3v) is 3.32. The Morgan fingerprint density at radius 3 is 2.27 bits per heavy atom. The second kappa shape index (κ2) is 10.7. The topological polar surface area (TPSA) is 26.3 Å². The molecule has 0 aliphatic carbocycles. The van der Waals surface area contributed by atoms with Gasteiger partial charge in [0, 0.05) is 12.8 Å². The number of carbonyl (C=O) groups excluding carboxylic acids is 1. The van der Waals surface area contributed by atoms with E-state index in [-0.39, 0.29) is 5.97 Å². The van der Waals surface area contributed by atoms with E-state index < -0.39 is 0 Å². The van der Waals surface area contributed by atoms with Crippen LogP contribution < -0.4 is 0 Å². The molecular weight excluding hydrogens is 272 g/mol. The first-order valence-electron chi connectivity index (χ1n) is 8.14. The fraction of sp³-hybridized carbons (Fsp3) is 0.450. The molecule has 0 radical (unpaired) electrons. The van der Waals surface area contributed by atoms with E-state index in [4.69, 9.17) is 4.74 Å². The second-order valence-electron chi connectivity index (χ2n) is 5.22. The molecule has 118 valence electrons. The van der Waals surface area contributed by atoms with Crippen molar-refractivity contribution in [3.8, 4) is 11.8 Å². The summed E-state index contributed by atoms with van der Waals surface area (Å²) in [4.78, 5) is 12.0. The average Bonchev–Trinajstić information content (AvgIpc) is 2.55. The van der Waals surface area contributed by atoms with Gasteiger partial charge in [0.1, 0.15) is 5.76 Å². The molecule has 0 bridgehead atoms. The van der Waals surface area contributed by atoms with Crippen LogP contribution in [0.1, 0.15) is 64.9 Å². The predicted molar refractivity (Wildman–Crippen MR) is 92.0 cm³/mol. The number of esters is 1. The average molecular weight is 298 g/mol. The van der Waals surface area contributed by atoms with Crippen molar-refractivity contribution in [2.45, 2.75) is 59.3 Å². The number of carbonyl (C=O) groups is 1. The lowest BCUT2D eigenvalue weighted by Gasteiger charge is -2.12. The lowest BCUT2D eigenvalue weighted by atomic mass is 10.0. The maximum Gasteiger partial charge on any atom is 0.310 e. The highest BCUT2D eigenvalue weighted by Gasteiger charge is 2.13. The quantitative estimate of drug-likeness (QED) is 0.367. The van der Waals surface area contributed by atoms with E-state index in [1.807, 2.05) is 30.3 Å². The number of allylic oxidation sites excluding steroid dienone is 2. The van der Waals surface area contributed by atoms with Crippen molar-refractivity contribution >= 4 is 11.5 Å². The van der Waals surface area contributed by atoms with Gasteiger partial charge in [-0.15, -0.1) is 5.92 Å². The summed E-state index contributed by atoms with van der Waals surface area (Å²) in [5, 5.41) is 0. The van der Waals surface area contributed by atoms with Crippen molar-refractivity contribution in [3.63, 3.8) is 0 Å². The summed E-state index contributed by atoms with van der Waals surface area (Å²) in [6, 6.07) is 9.93. The molecular formula is C20H26O2. The van der Waals surface area contributed by atoms with E-state index in [2.05, 4.69) is 25.7 Å². The molecule has 22 heavy (non-hydrogen) atoms. The van der Waals surface area contributed by atoms with E-state index in [0.717, 1.165) is 43.2 Å². The molecule has 0 aliphatic heterocycles. The Balaban J connectivity index is 3.10. The Bertz CT molecular complexity index is 544. The highest BCUT2D eigenvalue weighted by molar-refractivity contribution is 5.82. The van der Waals surface area contributed by atoms with E-state index in [9.17, 15) is 4.79 Å². The summed E-state index contributed by atoms with van der Waals surface area (Å²) in [6.45, 7) is 6.00. The molecule has 1 rings (SSSR count). The summed E-state index contributed by atoms with van der Waals surface area (Å²) in [7, 11) is 0. The van der Waals surface area contributed by atoms with Gasteiger partial charge in [-0.1, -0.05) is 62.9 Å². The summed E-state index contributed by atoms with van der Waals surface area (Å²) in [6.07, 6.45) is 5.10. The highest BCUT2D eigenvalue weighted by atomic mass is 16.5. The first-order chi connectivity index (χ1) is 10.7. The summed E-state index contributed by atoms with van der Waals surface area (Å²) < 4.78 is 5.66. The molecule has 0 N–H and O–H groups in total. The molecule has 0 atom stereocenters. The minimum absolute atomic E-state index is 0.153. The van der Waals surface area contributed by atoms with Gasteiger partial charge in [0.2, 0.25) is 0 Å². The predicted octanol–water partition coefficient (Wildman–Crippen LogP) is 5.34. The Morgan fingerprint density at radius 1 is 1.05 bits per heavy atom. The first-order valence-corrected chi connectivity index (χ1v) is 8.14. The van der Waals surface area contributed by atoms with Crippen LogP contribution in [0.3, 0.4) is 0 Å². The molecule has 0 heterocycles. The van der Waals surface area contributed by atoms with Crippen molar-refractivity contribution in [1.29, 1.82) is 0 Å². The van der Waals surface area contributed by atoms with Crippen LogP contribution in [0.5, 0.6) is 0 Å². The maximum atomic E-state index is 12.0. The molecule has 0 saturated heterocycles. The molecule has 2 heteroatoms. The minimum atomic E-state index is -0.153. The molecule has 1 aromatic rings. The van der Waals surface area contributed by atoms with E-state index in [1.54, 1.807) is 6.92 Å². The lowest BCUT2D eigenvalue weighted by molar-refractivity contribution is -0.139. The van der Waals surface area contributed by atoms with Crippen LogP contribution in [0.4, 0.5) is 0 Å². The highest BCUT2D eigenvalue weighted by Crippen LogP contribution is 2.24. The Morgan fingerprint density at radius 2 is 1.68 bits per heavy atom. The monoisotopic (exact) mass is 298 g/mol. The zero-order valence-corrected chi connectivity index (χ0v) is 13.9. The molecule has 0 spiro atoms. The molecule has 0 aromatic heterocycles. The molecule has 0 unspecified atom stereocenters. The van der Waals surface area contributed by atoms with Gasteiger partial charge in [0.25, 0.3) is 0 Å². The number of unbranched alkanes of at least 4 members (excludes halogenated alkanes) is 2. The van der Waals surface area contributed by atoms with E-state index in [1.165, 1.54) is 0 Å². The summed E-state index contributed by atoms with van der Waals surface area (Å²) >= 11 is 0. The van der Waals surface area contributed by atoms with E-state index in [0.29, 0.717) is 12.2 Å². The Hall–Kier alpha value is -2.01. The van der Waals surface area contributed by atoms with Crippen LogP contribution in [-0.2, 0) is 9.53 Å². The van der Waals surface area contributed by atoms with Gasteiger partial charge in [0.15, 0.2) is 0 Å². The summed E-state index contributed by atoms with van der Waals surface area (Å²) in [5.74, 6) is 6.62. The second-order valence-corrected chi connectivity index (χ2v) is 5.22. The number of rotatable bonds is 8. The molecule has 2 nitrogen and oxygen atoms in total. The number of benzene rings is 1. The van der Waals surface area contributed by atoms with E-state index >= 15 is 0 Å². The van der Waals surface area contributed by atoms with Crippen LogP contribution in [0.25, 0.3) is 5.57 Å². The minimum Gasteiger partial charge on any atom is -0.430 e. The van der Waals surface area contributed by atoms with Crippen LogP contribution in [0.15, 0.2) is 36.1 Å². The molecule has 0 saturated carbocycles. The lowest BCUT2D eigenvalue weighted by Crippen LogP contribution is -2.06. The van der Waals surface area contributed by atoms with Crippen LogP contribution >= 0.6 is 0 Å². The smallest absolute Gasteiger partial charge is 0.310 e. The Kier molecular flexibility index (Phi) is 8.76. The van der Waals surface area contributed by atoms with Gasteiger partial charge in [-0.05, 0) is 25.3 Å².